The van der Waals surface area contributed by atoms with Crippen LogP contribution in [-0.4, -0.2) is 43.7 Å². The van der Waals surface area contributed by atoms with Crippen LogP contribution in [0.15, 0.2) is 23.2 Å². The van der Waals surface area contributed by atoms with Crippen LogP contribution in [0, 0.1) is 27.7 Å². The molecule has 1 amide bonds. The Morgan fingerprint density at radius 1 is 1.11 bits per heavy atom. The number of imidazole rings is 1. The van der Waals surface area contributed by atoms with Gasteiger partial charge in [-0.1, -0.05) is 5.16 Å². The molecule has 0 spiro atoms. The van der Waals surface area contributed by atoms with Crippen LogP contribution in [0.25, 0.3) is 5.82 Å². The highest BCUT2D eigenvalue weighted by Gasteiger charge is 2.13. The molecule has 0 aliphatic heterocycles. The second-order valence-corrected chi connectivity index (χ2v) is 6.30. The Labute approximate surface area is 157 Å². The molecule has 27 heavy (non-hydrogen) atoms. The number of aryl methyl sites for hydroxylation is 3. The average Bonchev–Trinajstić information content (AvgIpc) is 3.15. The summed E-state index contributed by atoms with van der Waals surface area (Å²) >= 11 is 0. The van der Waals surface area contributed by atoms with Gasteiger partial charge in [0.25, 0.3) is 0 Å². The van der Waals surface area contributed by atoms with Crippen LogP contribution in [0.1, 0.15) is 28.4 Å². The molecule has 3 heterocycles. The largest absolute Gasteiger partial charge is 0.368 e. The molecule has 0 unspecified atom stereocenters. The molecule has 0 aromatic carbocycles. The van der Waals surface area contributed by atoms with Gasteiger partial charge in [-0.05, 0) is 27.7 Å². The van der Waals surface area contributed by atoms with Crippen LogP contribution < -0.4 is 10.6 Å². The van der Waals surface area contributed by atoms with Crippen molar-refractivity contribution in [2.45, 2.75) is 34.1 Å². The number of carbonyl (C=O) groups is 1. The summed E-state index contributed by atoms with van der Waals surface area (Å²) in [5, 5.41) is 9.92. The fourth-order valence-corrected chi connectivity index (χ4v) is 2.67. The maximum absolute atomic E-state index is 12.1. The van der Waals surface area contributed by atoms with Gasteiger partial charge in [-0.3, -0.25) is 9.36 Å². The van der Waals surface area contributed by atoms with Gasteiger partial charge < -0.3 is 15.2 Å². The molecule has 0 atom stereocenters. The van der Waals surface area contributed by atoms with Crippen molar-refractivity contribution in [3.8, 4) is 5.82 Å². The normalized spacial score (nSPS) is 10.8. The number of nitrogens with zero attached hydrogens (tertiary/aromatic N) is 5. The van der Waals surface area contributed by atoms with Gasteiger partial charge >= 0.3 is 0 Å². The molecule has 0 aliphatic carbocycles. The van der Waals surface area contributed by atoms with Crippen LogP contribution in [0.5, 0.6) is 0 Å². The lowest BCUT2D eigenvalue weighted by molar-refractivity contribution is -0.120. The van der Waals surface area contributed by atoms with E-state index >= 15 is 0 Å². The van der Waals surface area contributed by atoms with Crippen molar-refractivity contribution in [3.63, 3.8) is 0 Å². The third-order valence-corrected chi connectivity index (χ3v) is 4.42. The van der Waals surface area contributed by atoms with Crippen molar-refractivity contribution in [1.82, 2.24) is 30.0 Å². The molecule has 0 radical (unpaired) electrons. The smallest absolute Gasteiger partial charge is 0.224 e. The average molecular weight is 369 g/mol. The number of hydrogen-bond donors (Lipinski definition) is 2. The fourth-order valence-electron chi connectivity index (χ4n) is 2.67. The minimum Gasteiger partial charge on any atom is -0.368 e. The summed E-state index contributed by atoms with van der Waals surface area (Å²) in [4.78, 5) is 24.8. The van der Waals surface area contributed by atoms with Crippen molar-refractivity contribution in [1.29, 1.82) is 0 Å². The Hall–Kier alpha value is -3.23. The van der Waals surface area contributed by atoms with Crippen LogP contribution in [0.2, 0.25) is 0 Å². The van der Waals surface area contributed by atoms with Gasteiger partial charge in [0.05, 0.1) is 17.8 Å². The molecule has 0 bridgehead atoms. The van der Waals surface area contributed by atoms with Gasteiger partial charge in [0.15, 0.2) is 0 Å². The van der Waals surface area contributed by atoms with Crippen molar-refractivity contribution in [2.75, 3.05) is 18.4 Å². The first kappa shape index (κ1) is 18.6. The van der Waals surface area contributed by atoms with Crippen LogP contribution >= 0.6 is 0 Å². The zero-order chi connectivity index (χ0) is 19.4. The molecule has 142 valence electrons. The van der Waals surface area contributed by atoms with Crippen molar-refractivity contribution < 1.29 is 9.32 Å². The fraction of sp³-hybridized carbons (Fsp3) is 0.389. The van der Waals surface area contributed by atoms with Gasteiger partial charge in [-0.2, -0.15) is 0 Å². The molecular weight excluding hydrogens is 346 g/mol. The van der Waals surface area contributed by atoms with E-state index in [9.17, 15) is 4.79 Å². The topological polar surface area (TPSA) is 111 Å². The minimum atomic E-state index is -0.0703. The highest BCUT2D eigenvalue weighted by Crippen LogP contribution is 2.14. The molecule has 0 aliphatic rings. The first-order valence-electron chi connectivity index (χ1n) is 8.71. The second-order valence-electron chi connectivity index (χ2n) is 6.30. The van der Waals surface area contributed by atoms with Crippen molar-refractivity contribution in [3.05, 3.63) is 47.1 Å². The number of rotatable bonds is 7. The Morgan fingerprint density at radius 2 is 1.93 bits per heavy atom. The van der Waals surface area contributed by atoms with Crippen LogP contribution in [0.3, 0.4) is 0 Å². The van der Waals surface area contributed by atoms with E-state index in [0.29, 0.717) is 24.7 Å². The zero-order valence-corrected chi connectivity index (χ0v) is 15.9. The molecule has 0 saturated carbocycles. The predicted octanol–water partition coefficient (Wildman–Crippen LogP) is 1.65. The number of nitrogens with one attached hydrogen (secondary N) is 2. The van der Waals surface area contributed by atoms with Crippen molar-refractivity contribution in [2.24, 2.45) is 0 Å². The number of anilines is 1. The van der Waals surface area contributed by atoms with E-state index in [4.69, 9.17) is 4.52 Å². The second kappa shape index (κ2) is 7.98. The SMILES string of the molecule is Cc1noc(C)c1CC(=O)NCCNc1cc(-n2cnc(C)c2C)ncn1. The molecule has 9 heteroatoms. The zero-order valence-electron chi connectivity index (χ0n) is 15.9. The summed E-state index contributed by atoms with van der Waals surface area (Å²) in [5.74, 6) is 2.04. The third-order valence-electron chi connectivity index (χ3n) is 4.42. The lowest BCUT2D eigenvalue weighted by Gasteiger charge is -2.09. The molecule has 2 N–H and O–H groups in total. The Balaban J connectivity index is 1.50. The van der Waals surface area contributed by atoms with E-state index in [1.54, 1.807) is 13.3 Å². The summed E-state index contributed by atoms with van der Waals surface area (Å²) in [6, 6.07) is 1.85. The number of hydrogen-bond acceptors (Lipinski definition) is 7. The van der Waals surface area contributed by atoms with E-state index in [0.717, 1.165) is 28.5 Å². The lowest BCUT2D eigenvalue weighted by Crippen LogP contribution is -2.30. The predicted molar refractivity (Wildman–Crippen MR) is 99.8 cm³/mol. The number of carbonyl (C=O) groups excluding carboxylic acids is 1. The van der Waals surface area contributed by atoms with Gasteiger partial charge in [-0.15, -0.1) is 0 Å². The van der Waals surface area contributed by atoms with Gasteiger partial charge in [0.1, 0.15) is 30.1 Å². The summed E-state index contributed by atoms with van der Waals surface area (Å²) < 4.78 is 6.98. The van der Waals surface area contributed by atoms with Gasteiger partial charge in [0.2, 0.25) is 5.91 Å². The monoisotopic (exact) mass is 369 g/mol. The standard InChI is InChI=1S/C18H23N7O2/c1-11-13(3)25(10-23-11)17-8-16(21-9-22-17)19-5-6-20-18(26)7-15-12(2)24-27-14(15)4/h8-10H,5-7H2,1-4H3,(H,20,26)(H,19,21,22). The van der Waals surface area contributed by atoms with E-state index in [1.165, 1.54) is 6.33 Å². The third kappa shape index (κ3) is 4.30. The van der Waals surface area contributed by atoms with Crippen molar-refractivity contribution >= 4 is 11.7 Å². The van der Waals surface area contributed by atoms with Gasteiger partial charge in [-0.25, -0.2) is 15.0 Å². The Kier molecular flexibility index (Phi) is 5.49. The molecule has 3 rings (SSSR count). The molecule has 0 saturated heterocycles. The minimum absolute atomic E-state index is 0.0703. The molecule has 0 fully saturated rings. The lowest BCUT2D eigenvalue weighted by atomic mass is 10.1. The quantitative estimate of drug-likeness (QED) is 0.609. The maximum atomic E-state index is 12.1. The maximum Gasteiger partial charge on any atom is 0.224 e. The number of amides is 1. The number of aromatic nitrogens is 5. The summed E-state index contributed by atoms with van der Waals surface area (Å²) in [5.41, 5.74) is 3.58. The highest BCUT2D eigenvalue weighted by molar-refractivity contribution is 5.79. The van der Waals surface area contributed by atoms with E-state index in [1.807, 2.05) is 31.4 Å². The first-order chi connectivity index (χ1) is 13.0. The van der Waals surface area contributed by atoms with E-state index in [2.05, 4.69) is 30.7 Å². The molecular formula is C18H23N7O2. The van der Waals surface area contributed by atoms with Crippen LogP contribution in [-0.2, 0) is 11.2 Å². The first-order valence-corrected chi connectivity index (χ1v) is 8.71. The molecule has 9 nitrogen and oxygen atoms in total. The molecule has 3 aromatic heterocycles. The van der Waals surface area contributed by atoms with E-state index < -0.39 is 0 Å². The summed E-state index contributed by atoms with van der Waals surface area (Å²) in [6.07, 6.45) is 3.51. The summed E-state index contributed by atoms with van der Waals surface area (Å²) in [6.45, 7) is 8.61. The summed E-state index contributed by atoms with van der Waals surface area (Å²) in [7, 11) is 0. The molecule has 3 aromatic rings. The van der Waals surface area contributed by atoms with E-state index in [-0.39, 0.29) is 12.3 Å². The Morgan fingerprint density at radius 3 is 2.59 bits per heavy atom. The van der Waals surface area contributed by atoms with Crippen LogP contribution in [0.4, 0.5) is 5.82 Å². The highest BCUT2D eigenvalue weighted by atomic mass is 16.5. The van der Waals surface area contributed by atoms with Gasteiger partial charge in [0, 0.05) is 30.4 Å². The Bertz CT molecular complexity index is 926.